The molecule has 3 nitrogen and oxygen atoms in total. The third kappa shape index (κ3) is 2.76. The minimum Gasteiger partial charge on any atom is -0.302 e. The van der Waals surface area contributed by atoms with Crippen molar-refractivity contribution in [2.24, 2.45) is 10.8 Å². The molecule has 1 atom stereocenters. The molecule has 1 aromatic heterocycles. The zero-order chi connectivity index (χ0) is 11.5. The van der Waals surface area contributed by atoms with Crippen LogP contribution in [0, 0.1) is 0 Å². The largest absolute Gasteiger partial charge is 0.302 e. The first kappa shape index (κ1) is 11.9. The van der Waals surface area contributed by atoms with Gasteiger partial charge in [-0.1, -0.05) is 15.9 Å². The van der Waals surface area contributed by atoms with Gasteiger partial charge >= 0.3 is 0 Å². The van der Waals surface area contributed by atoms with Gasteiger partial charge in [0.15, 0.2) is 0 Å². The summed E-state index contributed by atoms with van der Waals surface area (Å²) in [5.74, 6) is 0. The van der Waals surface area contributed by atoms with Gasteiger partial charge in [-0.3, -0.25) is 5.43 Å². The van der Waals surface area contributed by atoms with Gasteiger partial charge in [0, 0.05) is 14.6 Å². The van der Waals surface area contributed by atoms with Crippen LogP contribution in [-0.2, 0) is 0 Å². The van der Waals surface area contributed by atoms with E-state index in [1.807, 2.05) is 23.6 Å². The van der Waals surface area contributed by atoms with Crippen molar-refractivity contribution >= 4 is 50.0 Å². The monoisotopic (exact) mass is 315 g/mol. The number of hydrogen-bond acceptors (Lipinski definition) is 5. The lowest BCUT2D eigenvalue weighted by Crippen LogP contribution is -2.29. The van der Waals surface area contributed by atoms with Crippen molar-refractivity contribution in [1.82, 2.24) is 5.43 Å². The number of benzene rings is 1. The molecular formula is C10H10BrN3S2. The quantitative estimate of drug-likeness (QED) is 0.452. The van der Waals surface area contributed by atoms with E-state index in [1.165, 1.54) is 4.70 Å². The molecule has 0 saturated heterocycles. The second-order valence-corrected chi connectivity index (χ2v) is 5.55. The summed E-state index contributed by atoms with van der Waals surface area (Å²) < 4.78 is 2.21. The van der Waals surface area contributed by atoms with Crippen molar-refractivity contribution in [3.63, 3.8) is 0 Å². The van der Waals surface area contributed by atoms with E-state index in [0.717, 1.165) is 15.2 Å². The smallest absolute Gasteiger partial charge is 0.136 e. The number of thiol groups is 1. The molecule has 84 valence electrons. The number of rotatable bonds is 2. The van der Waals surface area contributed by atoms with Crippen LogP contribution in [0.15, 0.2) is 39.2 Å². The molecule has 0 aliphatic carbocycles. The summed E-state index contributed by atoms with van der Waals surface area (Å²) in [5, 5.41) is 8.16. The van der Waals surface area contributed by atoms with Crippen LogP contribution >= 0.6 is 39.9 Å². The second kappa shape index (κ2) is 5.18. The molecule has 0 aliphatic rings. The average Bonchev–Trinajstić information content (AvgIpc) is 2.26. The highest BCUT2D eigenvalue weighted by Crippen LogP contribution is 2.19. The van der Waals surface area contributed by atoms with E-state index in [2.05, 4.69) is 45.2 Å². The van der Waals surface area contributed by atoms with E-state index >= 15 is 0 Å². The Kier molecular flexibility index (Phi) is 3.86. The molecule has 0 radical (unpaired) electrons. The van der Waals surface area contributed by atoms with Crippen LogP contribution in [0.2, 0.25) is 0 Å². The number of fused-ring (bicyclic) bond motifs is 1. The number of halogens is 1. The standard InChI is InChI=1S/C10H10BrN3S2/c11-6-1-2-9-7(5-6)8(3-4-16-9)13-14-10(12)15/h1-5,10,14-15H,12H2. The first-order chi connectivity index (χ1) is 7.66. The van der Waals surface area contributed by atoms with Gasteiger partial charge in [0.25, 0.3) is 0 Å². The molecule has 1 aromatic carbocycles. The Morgan fingerprint density at radius 1 is 1.44 bits per heavy atom. The summed E-state index contributed by atoms with van der Waals surface area (Å²) in [6.07, 6.45) is 0. The molecule has 0 aliphatic heterocycles. The lowest BCUT2D eigenvalue weighted by molar-refractivity contribution is 0.697. The Hall–Kier alpha value is -0.560. The zero-order valence-corrected chi connectivity index (χ0v) is 11.5. The van der Waals surface area contributed by atoms with Crippen molar-refractivity contribution < 1.29 is 0 Å². The van der Waals surface area contributed by atoms with Crippen LogP contribution < -0.4 is 16.5 Å². The molecule has 1 unspecified atom stereocenters. The van der Waals surface area contributed by atoms with Gasteiger partial charge in [-0.2, -0.15) is 5.10 Å². The number of hydrogen-bond donors (Lipinski definition) is 3. The van der Waals surface area contributed by atoms with Crippen molar-refractivity contribution in [3.05, 3.63) is 39.5 Å². The van der Waals surface area contributed by atoms with Crippen LogP contribution in [0.4, 0.5) is 0 Å². The zero-order valence-electron chi connectivity index (χ0n) is 8.22. The van der Waals surface area contributed by atoms with Gasteiger partial charge in [0.05, 0.1) is 5.36 Å². The molecule has 0 bridgehead atoms. The number of nitrogens with one attached hydrogen (secondary N) is 1. The Labute approximate surface area is 111 Å². The van der Waals surface area contributed by atoms with E-state index in [0.29, 0.717) is 0 Å². The van der Waals surface area contributed by atoms with Gasteiger partial charge in [-0.05, 0) is 29.6 Å². The SMILES string of the molecule is NC(S)NN=c1ccsc2ccc(Br)cc12. The van der Waals surface area contributed by atoms with Gasteiger partial charge in [-0.15, -0.1) is 24.0 Å². The topological polar surface area (TPSA) is 50.4 Å². The fraction of sp³-hybridized carbons (Fsp3) is 0.100. The van der Waals surface area contributed by atoms with Crippen LogP contribution in [0.25, 0.3) is 10.1 Å². The summed E-state index contributed by atoms with van der Waals surface area (Å²) >= 11 is 9.13. The molecule has 6 heteroatoms. The van der Waals surface area contributed by atoms with Crippen molar-refractivity contribution in [1.29, 1.82) is 0 Å². The predicted molar refractivity (Wildman–Crippen MR) is 75.2 cm³/mol. The summed E-state index contributed by atoms with van der Waals surface area (Å²) in [5.41, 5.74) is 7.74. The van der Waals surface area contributed by atoms with E-state index in [4.69, 9.17) is 5.73 Å². The summed E-state index contributed by atoms with van der Waals surface area (Å²) in [4.78, 5) is 0. The van der Waals surface area contributed by atoms with Gasteiger partial charge < -0.3 is 5.73 Å². The van der Waals surface area contributed by atoms with Crippen molar-refractivity contribution in [2.45, 2.75) is 5.50 Å². The van der Waals surface area contributed by atoms with Crippen LogP contribution in [-0.4, -0.2) is 5.50 Å². The van der Waals surface area contributed by atoms with E-state index in [-0.39, 0.29) is 0 Å². The first-order valence-corrected chi connectivity index (χ1v) is 6.76. The predicted octanol–water partition coefficient (Wildman–Crippen LogP) is 2.24. The van der Waals surface area contributed by atoms with Crippen LogP contribution in [0.3, 0.4) is 0 Å². The fourth-order valence-corrected chi connectivity index (χ4v) is 2.50. The Morgan fingerprint density at radius 2 is 2.25 bits per heavy atom. The maximum Gasteiger partial charge on any atom is 0.136 e. The molecule has 3 N–H and O–H groups in total. The van der Waals surface area contributed by atoms with E-state index in [9.17, 15) is 0 Å². The molecule has 1 heterocycles. The third-order valence-electron chi connectivity index (χ3n) is 1.96. The molecule has 0 amide bonds. The molecule has 0 saturated carbocycles. The van der Waals surface area contributed by atoms with Crippen molar-refractivity contribution in [3.8, 4) is 0 Å². The van der Waals surface area contributed by atoms with Crippen molar-refractivity contribution in [2.75, 3.05) is 0 Å². The Balaban J connectivity index is 2.60. The maximum atomic E-state index is 5.47. The second-order valence-electron chi connectivity index (χ2n) is 3.13. The Bertz CT molecular complexity index is 565. The number of nitrogens with zero attached hydrogens (tertiary/aromatic N) is 1. The molecule has 2 rings (SSSR count). The highest BCUT2D eigenvalue weighted by atomic mass is 79.9. The van der Waals surface area contributed by atoms with E-state index < -0.39 is 5.50 Å². The van der Waals surface area contributed by atoms with Crippen LogP contribution in [0.5, 0.6) is 0 Å². The normalized spacial score (nSPS) is 14.1. The highest BCUT2D eigenvalue weighted by molar-refractivity contribution is 9.10. The molecule has 0 spiro atoms. The molecule has 0 fully saturated rings. The summed E-state index contributed by atoms with van der Waals surface area (Å²) in [7, 11) is 0. The molecule has 16 heavy (non-hydrogen) atoms. The molecular weight excluding hydrogens is 306 g/mol. The van der Waals surface area contributed by atoms with Crippen LogP contribution in [0.1, 0.15) is 0 Å². The highest BCUT2D eigenvalue weighted by Gasteiger charge is 1.98. The van der Waals surface area contributed by atoms with Gasteiger partial charge in [0.1, 0.15) is 5.50 Å². The van der Waals surface area contributed by atoms with E-state index in [1.54, 1.807) is 11.3 Å². The maximum absolute atomic E-state index is 5.47. The minimum atomic E-state index is -0.453. The first-order valence-electron chi connectivity index (χ1n) is 4.57. The Morgan fingerprint density at radius 3 is 3.00 bits per heavy atom. The fourth-order valence-electron chi connectivity index (χ4n) is 1.30. The molecule has 2 aromatic rings. The lowest BCUT2D eigenvalue weighted by atomic mass is 10.2. The van der Waals surface area contributed by atoms with Gasteiger partial charge in [-0.25, -0.2) is 0 Å². The van der Waals surface area contributed by atoms with Gasteiger partial charge in [0.2, 0.25) is 0 Å². The minimum absolute atomic E-state index is 0.453. The lowest BCUT2D eigenvalue weighted by Gasteiger charge is -2.03. The average molecular weight is 316 g/mol. The third-order valence-corrected chi connectivity index (χ3v) is 3.45. The summed E-state index contributed by atoms with van der Waals surface area (Å²) in [6.45, 7) is 0. The summed E-state index contributed by atoms with van der Waals surface area (Å²) in [6, 6.07) is 8.06. The number of nitrogens with two attached hydrogens (primary N) is 1.